The molecule has 2 unspecified atom stereocenters. The molecule has 0 radical (unpaired) electrons. The first-order valence-electron chi connectivity index (χ1n) is 10.3. The first-order valence-corrected chi connectivity index (χ1v) is 10.3. The van der Waals surface area contributed by atoms with Crippen molar-refractivity contribution in [1.82, 2.24) is 0 Å². The van der Waals surface area contributed by atoms with Crippen LogP contribution in [0.5, 0.6) is 11.5 Å². The predicted molar refractivity (Wildman–Crippen MR) is 115 cm³/mol. The van der Waals surface area contributed by atoms with E-state index in [0.717, 1.165) is 43.2 Å². The van der Waals surface area contributed by atoms with Gasteiger partial charge in [-0.3, -0.25) is 0 Å². The molecule has 0 saturated carbocycles. The molecule has 0 aliphatic rings. The van der Waals surface area contributed by atoms with E-state index in [2.05, 4.69) is 76.3 Å². The highest BCUT2D eigenvalue weighted by atomic mass is 16.5. The molecular weight excluding hydrogens is 334 g/mol. The maximum absolute atomic E-state index is 6.35. The third-order valence-electron chi connectivity index (χ3n) is 4.76. The molecule has 3 heteroatoms. The van der Waals surface area contributed by atoms with Gasteiger partial charge < -0.3 is 14.8 Å². The molecule has 148 valence electrons. The fourth-order valence-electron chi connectivity index (χ4n) is 2.85. The highest BCUT2D eigenvalue weighted by molar-refractivity contribution is 5.48. The van der Waals surface area contributed by atoms with Gasteiger partial charge in [-0.25, -0.2) is 0 Å². The smallest absolute Gasteiger partial charge is 0.123 e. The van der Waals surface area contributed by atoms with Gasteiger partial charge in [-0.05, 0) is 48.4 Å². The Hall–Kier alpha value is -2.16. The van der Waals surface area contributed by atoms with Crippen LogP contribution in [0.4, 0.5) is 5.69 Å². The molecule has 0 aliphatic heterocycles. The first kappa shape index (κ1) is 21.1. The van der Waals surface area contributed by atoms with Crippen LogP contribution in [0.25, 0.3) is 0 Å². The summed E-state index contributed by atoms with van der Waals surface area (Å²) in [6, 6.07) is 16.6. The second-order valence-corrected chi connectivity index (χ2v) is 7.61. The molecule has 2 atom stereocenters. The van der Waals surface area contributed by atoms with E-state index in [1.165, 1.54) is 5.56 Å². The van der Waals surface area contributed by atoms with Crippen LogP contribution >= 0.6 is 0 Å². The maximum Gasteiger partial charge on any atom is 0.123 e. The van der Waals surface area contributed by atoms with Crippen molar-refractivity contribution in [3.05, 3.63) is 54.1 Å². The lowest BCUT2D eigenvalue weighted by Gasteiger charge is -2.22. The van der Waals surface area contributed by atoms with Crippen molar-refractivity contribution >= 4 is 5.69 Å². The minimum atomic E-state index is 0.121. The summed E-state index contributed by atoms with van der Waals surface area (Å²) in [5, 5.41) is 3.50. The average molecular weight is 370 g/mol. The molecule has 2 rings (SSSR count). The summed E-state index contributed by atoms with van der Waals surface area (Å²) in [7, 11) is 0. The van der Waals surface area contributed by atoms with Gasteiger partial charge in [-0.15, -0.1) is 0 Å². The van der Waals surface area contributed by atoms with Crippen molar-refractivity contribution in [1.29, 1.82) is 0 Å². The second kappa shape index (κ2) is 10.9. The van der Waals surface area contributed by atoms with Crippen molar-refractivity contribution in [2.24, 2.45) is 5.92 Å². The average Bonchev–Trinajstić information content (AvgIpc) is 2.69. The lowest BCUT2D eigenvalue weighted by atomic mass is 9.98. The Balaban J connectivity index is 1.97. The lowest BCUT2D eigenvalue weighted by molar-refractivity contribution is 0.207. The van der Waals surface area contributed by atoms with Crippen molar-refractivity contribution in [3.8, 4) is 11.5 Å². The Morgan fingerprint density at radius 3 is 2.41 bits per heavy atom. The number of hydrogen-bond acceptors (Lipinski definition) is 3. The molecule has 0 heterocycles. The molecule has 27 heavy (non-hydrogen) atoms. The normalized spacial score (nSPS) is 13.3. The number of rotatable bonds is 11. The predicted octanol–water partition coefficient (Wildman–Crippen LogP) is 6.50. The topological polar surface area (TPSA) is 30.5 Å². The molecule has 0 amide bonds. The van der Waals surface area contributed by atoms with E-state index >= 15 is 0 Å². The largest absolute Gasteiger partial charge is 0.493 e. The van der Waals surface area contributed by atoms with Crippen molar-refractivity contribution in [3.63, 3.8) is 0 Å². The van der Waals surface area contributed by atoms with E-state index in [9.17, 15) is 0 Å². The number of anilines is 1. The fraction of sp³-hybridized carbons (Fsp3) is 0.500. The summed E-state index contributed by atoms with van der Waals surface area (Å²) in [5.74, 6) is 2.94. The molecule has 0 aliphatic carbocycles. The van der Waals surface area contributed by atoms with Gasteiger partial charge in [0.05, 0.1) is 13.2 Å². The van der Waals surface area contributed by atoms with Gasteiger partial charge >= 0.3 is 0 Å². The molecular formula is C24H35NO2. The van der Waals surface area contributed by atoms with Crippen LogP contribution in [0.3, 0.4) is 0 Å². The van der Waals surface area contributed by atoms with Gasteiger partial charge in [0.2, 0.25) is 0 Å². The van der Waals surface area contributed by atoms with E-state index in [1.54, 1.807) is 0 Å². The second-order valence-electron chi connectivity index (χ2n) is 7.61. The summed E-state index contributed by atoms with van der Waals surface area (Å²) in [6.07, 6.45) is 2.18. The van der Waals surface area contributed by atoms with Crippen molar-refractivity contribution in [2.75, 3.05) is 18.5 Å². The zero-order valence-corrected chi connectivity index (χ0v) is 17.5. The van der Waals surface area contributed by atoms with Gasteiger partial charge in [-0.1, -0.05) is 58.9 Å². The highest BCUT2D eigenvalue weighted by Crippen LogP contribution is 2.29. The molecule has 2 aromatic carbocycles. The van der Waals surface area contributed by atoms with Crippen LogP contribution in [0, 0.1) is 5.92 Å². The Kier molecular flexibility index (Phi) is 8.50. The first-order chi connectivity index (χ1) is 13.0. The lowest BCUT2D eigenvalue weighted by Crippen LogP contribution is -2.26. The Morgan fingerprint density at radius 1 is 0.926 bits per heavy atom. The van der Waals surface area contributed by atoms with E-state index in [0.29, 0.717) is 11.8 Å². The SMILES string of the molecule is CCC(CNc1cccc(OCC(C)C)c1)Oc1ccccc1C(C)CC. The van der Waals surface area contributed by atoms with Crippen LogP contribution in [0.15, 0.2) is 48.5 Å². The third kappa shape index (κ3) is 6.82. The monoisotopic (exact) mass is 369 g/mol. The Bertz CT molecular complexity index is 684. The molecule has 0 fully saturated rings. The minimum absolute atomic E-state index is 0.121. The number of benzene rings is 2. The summed E-state index contributed by atoms with van der Waals surface area (Å²) < 4.78 is 12.2. The quantitative estimate of drug-likeness (QED) is 0.490. The van der Waals surface area contributed by atoms with Crippen LogP contribution in [-0.2, 0) is 0 Å². The maximum atomic E-state index is 6.35. The molecule has 2 aromatic rings. The molecule has 1 N–H and O–H groups in total. The number of hydrogen-bond donors (Lipinski definition) is 1. The zero-order valence-electron chi connectivity index (χ0n) is 17.5. The molecule has 0 saturated heterocycles. The van der Waals surface area contributed by atoms with Gasteiger partial charge in [0.1, 0.15) is 17.6 Å². The number of ether oxygens (including phenoxy) is 2. The van der Waals surface area contributed by atoms with Crippen LogP contribution in [0.2, 0.25) is 0 Å². The Morgan fingerprint density at radius 2 is 1.70 bits per heavy atom. The fourth-order valence-corrected chi connectivity index (χ4v) is 2.85. The zero-order chi connectivity index (χ0) is 19.6. The minimum Gasteiger partial charge on any atom is -0.493 e. The van der Waals surface area contributed by atoms with Gasteiger partial charge in [0, 0.05) is 11.8 Å². The van der Waals surface area contributed by atoms with Crippen LogP contribution in [-0.4, -0.2) is 19.3 Å². The molecule has 3 nitrogen and oxygen atoms in total. The molecule has 0 spiro atoms. The number of nitrogens with one attached hydrogen (secondary N) is 1. The van der Waals surface area contributed by atoms with E-state index < -0.39 is 0 Å². The highest BCUT2D eigenvalue weighted by Gasteiger charge is 2.14. The van der Waals surface area contributed by atoms with Crippen molar-refractivity contribution in [2.45, 2.75) is 59.5 Å². The van der Waals surface area contributed by atoms with E-state index in [4.69, 9.17) is 9.47 Å². The molecule has 0 bridgehead atoms. The third-order valence-corrected chi connectivity index (χ3v) is 4.76. The Labute approximate surface area is 165 Å². The van der Waals surface area contributed by atoms with Crippen LogP contribution in [0.1, 0.15) is 58.9 Å². The standard InChI is InChI=1S/C24H35NO2/c1-6-19(5)23-13-8-9-14-24(23)27-21(7-2)16-25-20-11-10-12-22(15-20)26-17-18(3)4/h8-15,18-19,21,25H,6-7,16-17H2,1-5H3. The van der Waals surface area contributed by atoms with Crippen molar-refractivity contribution < 1.29 is 9.47 Å². The van der Waals surface area contributed by atoms with Gasteiger partial charge in [0.15, 0.2) is 0 Å². The summed E-state index contributed by atoms with van der Waals surface area (Å²) in [6.45, 7) is 12.4. The van der Waals surface area contributed by atoms with E-state index in [1.807, 2.05) is 12.1 Å². The van der Waals surface area contributed by atoms with Crippen LogP contribution < -0.4 is 14.8 Å². The number of para-hydroxylation sites is 1. The summed E-state index contributed by atoms with van der Waals surface area (Å²) >= 11 is 0. The van der Waals surface area contributed by atoms with E-state index in [-0.39, 0.29) is 6.10 Å². The van der Waals surface area contributed by atoms with Gasteiger partial charge in [-0.2, -0.15) is 0 Å². The summed E-state index contributed by atoms with van der Waals surface area (Å²) in [4.78, 5) is 0. The van der Waals surface area contributed by atoms with Gasteiger partial charge in [0.25, 0.3) is 0 Å². The summed E-state index contributed by atoms with van der Waals surface area (Å²) in [5.41, 5.74) is 2.36. The molecule has 0 aromatic heterocycles.